The second-order valence-corrected chi connectivity index (χ2v) is 4.25. The second-order valence-electron chi connectivity index (χ2n) is 4.25. The third kappa shape index (κ3) is 2.29. The number of anilines is 2. The molecule has 5 nitrogen and oxygen atoms in total. The van der Waals surface area contributed by atoms with Crippen LogP contribution in [0.25, 0.3) is 10.8 Å². The van der Waals surface area contributed by atoms with Crippen molar-refractivity contribution in [2.45, 2.75) is 0 Å². The fourth-order valence-electron chi connectivity index (χ4n) is 1.98. The van der Waals surface area contributed by atoms with Crippen molar-refractivity contribution in [3.8, 4) is 0 Å². The fourth-order valence-corrected chi connectivity index (χ4v) is 1.98. The van der Waals surface area contributed by atoms with Crippen LogP contribution in [0.3, 0.4) is 0 Å². The number of aromatic nitrogens is 2. The summed E-state index contributed by atoms with van der Waals surface area (Å²) in [6, 6.07) is 12.7. The number of hydrogen-bond acceptors (Lipinski definition) is 4. The van der Waals surface area contributed by atoms with Gasteiger partial charge in [-0.15, -0.1) is 0 Å². The fraction of sp³-hybridized carbons (Fsp3) is 0. The average molecular weight is 265 g/mol. The lowest BCUT2D eigenvalue weighted by atomic mass is 10.1. The van der Waals surface area contributed by atoms with E-state index < -0.39 is 5.97 Å². The van der Waals surface area contributed by atoms with Gasteiger partial charge in [0.05, 0.1) is 11.9 Å². The number of carboxylic acid groups (broad SMARTS) is 1. The molecule has 2 N–H and O–H groups in total. The van der Waals surface area contributed by atoms with E-state index in [0.717, 1.165) is 16.5 Å². The van der Waals surface area contributed by atoms with Gasteiger partial charge >= 0.3 is 5.97 Å². The third-order valence-corrected chi connectivity index (χ3v) is 2.88. The molecule has 2 aromatic heterocycles. The van der Waals surface area contributed by atoms with Gasteiger partial charge in [-0.3, -0.25) is 4.98 Å². The van der Waals surface area contributed by atoms with Crippen LogP contribution in [-0.2, 0) is 0 Å². The molecule has 5 heteroatoms. The van der Waals surface area contributed by atoms with Gasteiger partial charge in [-0.1, -0.05) is 24.3 Å². The van der Waals surface area contributed by atoms with Crippen molar-refractivity contribution in [3.63, 3.8) is 0 Å². The minimum Gasteiger partial charge on any atom is -0.477 e. The van der Waals surface area contributed by atoms with E-state index >= 15 is 0 Å². The Morgan fingerprint density at radius 3 is 2.75 bits per heavy atom. The van der Waals surface area contributed by atoms with Crippen molar-refractivity contribution < 1.29 is 9.90 Å². The normalized spacial score (nSPS) is 10.4. The van der Waals surface area contributed by atoms with Crippen molar-refractivity contribution in [1.82, 2.24) is 9.97 Å². The Bertz CT molecular complexity index is 772. The molecule has 0 aliphatic heterocycles. The Labute approximate surface area is 114 Å². The molecule has 0 unspecified atom stereocenters. The quantitative estimate of drug-likeness (QED) is 0.761. The predicted octanol–water partition coefficient (Wildman–Crippen LogP) is 3.07. The first kappa shape index (κ1) is 12.1. The predicted molar refractivity (Wildman–Crippen MR) is 76.2 cm³/mol. The Balaban J connectivity index is 2.15. The van der Waals surface area contributed by atoms with Crippen molar-refractivity contribution in [2.75, 3.05) is 5.32 Å². The first-order chi connectivity index (χ1) is 9.74. The Morgan fingerprint density at radius 2 is 2.00 bits per heavy atom. The lowest BCUT2D eigenvalue weighted by molar-refractivity contribution is 0.0691. The van der Waals surface area contributed by atoms with E-state index in [0.29, 0.717) is 5.82 Å². The van der Waals surface area contributed by atoms with Gasteiger partial charge in [0.2, 0.25) is 0 Å². The van der Waals surface area contributed by atoms with Crippen molar-refractivity contribution in [1.29, 1.82) is 0 Å². The highest BCUT2D eigenvalue weighted by Crippen LogP contribution is 2.25. The van der Waals surface area contributed by atoms with Gasteiger partial charge in [-0.05, 0) is 23.6 Å². The Kier molecular flexibility index (Phi) is 3.01. The number of carbonyl (C=O) groups is 1. The number of fused-ring (bicyclic) bond motifs is 1. The molecule has 0 radical (unpaired) electrons. The summed E-state index contributed by atoms with van der Waals surface area (Å²) in [5, 5.41) is 13.9. The van der Waals surface area contributed by atoms with E-state index in [1.54, 1.807) is 24.5 Å². The number of nitrogens with zero attached hydrogens (tertiary/aromatic N) is 2. The van der Waals surface area contributed by atoms with Crippen LogP contribution < -0.4 is 5.32 Å². The molecule has 20 heavy (non-hydrogen) atoms. The van der Waals surface area contributed by atoms with E-state index in [4.69, 9.17) is 5.11 Å². The van der Waals surface area contributed by atoms with Crippen LogP contribution in [-0.4, -0.2) is 21.0 Å². The number of rotatable bonds is 3. The summed E-state index contributed by atoms with van der Waals surface area (Å²) in [6.07, 6.45) is 3.33. The third-order valence-electron chi connectivity index (χ3n) is 2.88. The molecule has 0 amide bonds. The lowest BCUT2D eigenvalue weighted by Crippen LogP contribution is -2.04. The highest BCUT2D eigenvalue weighted by atomic mass is 16.4. The number of nitrogens with one attached hydrogen (secondary N) is 1. The van der Waals surface area contributed by atoms with Crippen LogP contribution >= 0.6 is 0 Å². The van der Waals surface area contributed by atoms with E-state index in [9.17, 15) is 4.79 Å². The highest BCUT2D eigenvalue weighted by Gasteiger charge is 2.10. The molecule has 0 saturated carbocycles. The van der Waals surface area contributed by atoms with E-state index in [1.807, 2.05) is 30.3 Å². The molecule has 3 aromatic rings. The van der Waals surface area contributed by atoms with Gasteiger partial charge in [0.25, 0.3) is 0 Å². The largest absolute Gasteiger partial charge is 0.477 e. The smallest absolute Gasteiger partial charge is 0.354 e. The topological polar surface area (TPSA) is 75.1 Å². The Morgan fingerprint density at radius 1 is 1.15 bits per heavy atom. The molecule has 0 bridgehead atoms. The van der Waals surface area contributed by atoms with Crippen molar-refractivity contribution in [2.24, 2.45) is 0 Å². The molecule has 0 saturated heterocycles. The molecular weight excluding hydrogens is 254 g/mol. The maximum absolute atomic E-state index is 11.1. The molecule has 0 aliphatic carbocycles. The van der Waals surface area contributed by atoms with Crippen LogP contribution in [0.1, 0.15) is 10.5 Å². The molecule has 2 heterocycles. The molecule has 98 valence electrons. The molecule has 0 fully saturated rings. The number of aromatic carboxylic acids is 1. The second kappa shape index (κ2) is 4.97. The summed E-state index contributed by atoms with van der Waals surface area (Å²) in [5.74, 6) is -0.543. The highest BCUT2D eigenvalue weighted by molar-refractivity contribution is 5.98. The Hall–Kier alpha value is -2.95. The molecule has 0 aliphatic rings. The zero-order valence-corrected chi connectivity index (χ0v) is 10.4. The summed E-state index contributed by atoms with van der Waals surface area (Å²) < 4.78 is 0. The molecule has 1 aromatic carbocycles. The van der Waals surface area contributed by atoms with Crippen LogP contribution in [0.4, 0.5) is 11.5 Å². The van der Waals surface area contributed by atoms with Crippen LogP contribution in [0, 0.1) is 0 Å². The molecule has 0 spiro atoms. The minimum absolute atomic E-state index is 0.00934. The average Bonchev–Trinajstić information content (AvgIpc) is 2.48. The number of pyridine rings is 2. The summed E-state index contributed by atoms with van der Waals surface area (Å²) >= 11 is 0. The first-order valence-corrected chi connectivity index (χ1v) is 6.04. The first-order valence-electron chi connectivity index (χ1n) is 6.04. The molecular formula is C15H11N3O2. The molecule has 3 rings (SSSR count). The van der Waals surface area contributed by atoms with Crippen molar-refractivity contribution in [3.05, 3.63) is 60.6 Å². The zero-order chi connectivity index (χ0) is 13.9. The summed E-state index contributed by atoms with van der Waals surface area (Å²) in [5.41, 5.74) is 0.766. The van der Waals surface area contributed by atoms with Gasteiger partial charge < -0.3 is 10.4 Å². The maximum Gasteiger partial charge on any atom is 0.354 e. The van der Waals surface area contributed by atoms with Gasteiger partial charge in [-0.2, -0.15) is 0 Å². The van der Waals surface area contributed by atoms with E-state index in [-0.39, 0.29) is 5.69 Å². The van der Waals surface area contributed by atoms with Gasteiger partial charge in [0.15, 0.2) is 5.69 Å². The van der Waals surface area contributed by atoms with Gasteiger partial charge in [0, 0.05) is 11.6 Å². The minimum atomic E-state index is -1.05. The van der Waals surface area contributed by atoms with E-state index in [1.165, 1.54) is 0 Å². The summed E-state index contributed by atoms with van der Waals surface area (Å²) in [4.78, 5) is 19.3. The molecule has 0 atom stereocenters. The van der Waals surface area contributed by atoms with Crippen molar-refractivity contribution >= 4 is 28.2 Å². The number of hydrogen-bond donors (Lipinski definition) is 2. The summed E-state index contributed by atoms with van der Waals surface area (Å²) in [7, 11) is 0. The number of carboxylic acids is 1. The zero-order valence-electron chi connectivity index (χ0n) is 10.4. The SMILES string of the molecule is O=C(O)c1cc2ccccc2c(Nc2cccnc2)n1. The summed E-state index contributed by atoms with van der Waals surface area (Å²) in [6.45, 7) is 0. The van der Waals surface area contributed by atoms with Crippen LogP contribution in [0.15, 0.2) is 54.9 Å². The maximum atomic E-state index is 11.1. The monoisotopic (exact) mass is 265 g/mol. The van der Waals surface area contributed by atoms with Gasteiger partial charge in [-0.25, -0.2) is 9.78 Å². The van der Waals surface area contributed by atoms with E-state index in [2.05, 4.69) is 15.3 Å². The van der Waals surface area contributed by atoms with Crippen LogP contribution in [0.2, 0.25) is 0 Å². The van der Waals surface area contributed by atoms with Gasteiger partial charge in [0.1, 0.15) is 5.82 Å². The van der Waals surface area contributed by atoms with Crippen LogP contribution in [0.5, 0.6) is 0 Å². The standard InChI is InChI=1S/C15H11N3O2/c19-15(20)13-8-10-4-1-2-6-12(10)14(18-13)17-11-5-3-7-16-9-11/h1-9H,(H,17,18)(H,19,20). The lowest BCUT2D eigenvalue weighted by Gasteiger charge is -2.09. The number of benzene rings is 1.